The van der Waals surface area contributed by atoms with Crippen molar-refractivity contribution in [3.63, 3.8) is 0 Å². The van der Waals surface area contributed by atoms with Crippen LogP contribution < -0.4 is 4.90 Å². The van der Waals surface area contributed by atoms with Gasteiger partial charge < -0.3 is 14.2 Å². The summed E-state index contributed by atoms with van der Waals surface area (Å²) in [5.41, 5.74) is 0.802. The zero-order chi connectivity index (χ0) is 14.1. The van der Waals surface area contributed by atoms with Crippen molar-refractivity contribution in [2.45, 2.75) is 25.3 Å². The maximum atomic E-state index is 12.5. The molecule has 0 spiro atoms. The fourth-order valence-electron chi connectivity index (χ4n) is 2.84. The summed E-state index contributed by atoms with van der Waals surface area (Å²) in [4.78, 5) is 20.7. The molecule has 2 aromatic heterocycles. The molecule has 0 aliphatic carbocycles. The van der Waals surface area contributed by atoms with Crippen LogP contribution in [0.1, 0.15) is 19.3 Å². The van der Waals surface area contributed by atoms with Crippen molar-refractivity contribution in [2.75, 3.05) is 25.5 Å². The minimum absolute atomic E-state index is 0.143. The number of carbonyl (C=O) groups is 1. The zero-order valence-electron chi connectivity index (χ0n) is 11.9. The van der Waals surface area contributed by atoms with Gasteiger partial charge in [-0.3, -0.25) is 4.79 Å². The second-order valence-electron chi connectivity index (χ2n) is 5.35. The highest BCUT2D eigenvalue weighted by atomic mass is 16.3. The Hall–Kier alpha value is -2.04. The SMILES string of the molecule is CN1CCCCC(N(C)c2nccc3occc23)C1=O. The summed E-state index contributed by atoms with van der Waals surface area (Å²) in [5, 5.41) is 0.953. The van der Waals surface area contributed by atoms with Gasteiger partial charge >= 0.3 is 0 Å². The number of pyridine rings is 1. The van der Waals surface area contributed by atoms with Crippen LogP contribution in [0.5, 0.6) is 0 Å². The summed E-state index contributed by atoms with van der Waals surface area (Å²) in [6.07, 6.45) is 6.38. The van der Waals surface area contributed by atoms with Crippen molar-refractivity contribution in [3.05, 3.63) is 24.6 Å². The Balaban J connectivity index is 1.96. The van der Waals surface area contributed by atoms with Crippen LogP contribution in [-0.2, 0) is 4.79 Å². The summed E-state index contributed by atoms with van der Waals surface area (Å²) in [6, 6.07) is 3.60. The lowest BCUT2D eigenvalue weighted by Gasteiger charge is -2.29. The monoisotopic (exact) mass is 273 g/mol. The average Bonchev–Trinajstić information content (AvgIpc) is 2.87. The lowest BCUT2D eigenvalue weighted by molar-refractivity contribution is -0.130. The number of nitrogens with zero attached hydrogens (tertiary/aromatic N) is 3. The van der Waals surface area contributed by atoms with Crippen LogP contribution in [0, 0.1) is 0 Å². The van der Waals surface area contributed by atoms with Gasteiger partial charge in [0.25, 0.3) is 0 Å². The lowest BCUT2D eigenvalue weighted by Crippen LogP contribution is -2.45. The first-order chi connectivity index (χ1) is 9.68. The highest BCUT2D eigenvalue weighted by Gasteiger charge is 2.29. The van der Waals surface area contributed by atoms with Crippen LogP contribution in [0.2, 0.25) is 0 Å². The molecule has 20 heavy (non-hydrogen) atoms. The second kappa shape index (κ2) is 5.15. The van der Waals surface area contributed by atoms with Gasteiger partial charge in [0.15, 0.2) is 0 Å². The van der Waals surface area contributed by atoms with Gasteiger partial charge in [-0.1, -0.05) is 0 Å². The molecule has 2 aromatic rings. The number of likely N-dealkylation sites (tertiary alicyclic amines) is 1. The van der Waals surface area contributed by atoms with Gasteiger partial charge in [-0.05, 0) is 31.4 Å². The third kappa shape index (κ3) is 2.13. The quantitative estimate of drug-likeness (QED) is 0.842. The van der Waals surface area contributed by atoms with Crippen LogP contribution in [0.3, 0.4) is 0 Å². The van der Waals surface area contributed by atoms with Crippen LogP contribution in [0.4, 0.5) is 5.82 Å². The Morgan fingerprint density at radius 3 is 3.10 bits per heavy atom. The van der Waals surface area contributed by atoms with E-state index >= 15 is 0 Å². The maximum absolute atomic E-state index is 12.5. The van der Waals surface area contributed by atoms with E-state index in [-0.39, 0.29) is 11.9 Å². The van der Waals surface area contributed by atoms with E-state index in [1.807, 2.05) is 36.0 Å². The van der Waals surface area contributed by atoms with Gasteiger partial charge in [-0.2, -0.15) is 0 Å². The number of furan rings is 1. The Bertz CT molecular complexity index is 622. The molecule has 0 radical (unpaired) electrons. The van der Waals surface area contributed by atoms with Crippen LogP contribution in [0.25, 0.3) is 11.0 Å². The van der Waals surface area contributed by atoms with E-state index in [0.717, 1.165) is 42.6 Å². The standard InChI is InChI=1S/C15H19N3O2/c1-17-9-4-3-5-12(15(17)19)18(2)14-11-7-10-20-13(11)6-8-16-14/h6-8,10,12H,3-5,9H2,1-2H3. The largest absolute Gasteiger partial charge is 0.464 e. The average molecular weight is 273 g/mol. The molecule has 1 fully saturated rings. The minimum atomic E-state index is -0.143. The van der Waals surface area contributed by atoms with Crippen molar-refractivity contribution in [1.29, 1.82) is 0 Å². The molecule has 106 valence electrons. The number of aromatic nitrogens is 1. The molecule has 1 saturated heterocycles. The molecular weight excluding hydrogens is 254 g/mol. The molecule has 3 heterocycles. The molecule has 3 rings (SSSR count). The van der Waals surface area contributed by atoms with Gasteiger partial charge in [0, 0.05) is 26.8 Å². The summed E-state index contributed by atoms with van der Waals surface area (Å²) >= 11 is 0. The number of amides is 1. The zero-order valence-corrected chi connectivity index (χ0v) is 11.9. The molecule has 0 N–H and O–H groups in total. The smallest absolute Gasteiger partial charge is 0.245 e. The van der Waals surface area contributed by atoms with Crippen molar-refractivity contribution >= 4 is 22.7 Å². The molecule has 0 saturated carbocycles. The van der Waals surface area contributed by atoms with E-state index in [1.54, 1.807) is 12.5 Å². The molecule has 0 bridgehead atoms. The number of carbonyl (C=O) groups excluding carboxylic acids is 1. The first kappa shape index (κ1) is 13.0. The number of fused-ring (bicyclic) bond motifs is 1. The van der Waals surface area contributed by atoms with E-state index < -0.39 is 0 Å². The van der Waals surface area contributed by atoms with E-state index in [4.69, 9.17) is 4.42 Å². The molecule has 0 aromatic carbocycles. The van der Waals surface area contributed by atoms with Crippen molar-refractivity contribution < 1.29 is 9.21 Å². The molecule has 1 atom stereocenters. The summed E-state index contributed by atoms with van der Waals surface area (Å²) in [5.74, 6) is 0.984. The van der Waals surface area contributed by atoms with Crippen LogP contribution in [-0.4, -0.2) is 42.5 Å². The highest BCUT2D eigenvalue weighted by molar-refractivity contribution is 5.92. The normalized spacial score (nSPS) is 20.2. The van der Waals surface area contributed by atoms with Gasteiger partial charge in [-0.25, -0.2) is 4.98 Å². The molecule has 5 nitrogen and oxygen atoms in total. The molecule has 1 amide bonds. The minimum Gasteiger partial charge on any atom is -0.464 e. The lowest BCUT2D eigenvalue weighted by atomic mass is 10.1. The van der Waals surface area contributed by atoms with Gasteiger partial charge in [0.1, 0.15) is 17.4 Å². The van der Waals surface area contributed by atoms with Crippen molar-refractivity contribution in [2.24, 2.45) is 0 Å². The van der Waals surface area contributed by atoms with Gasteiger partial charge in [0.05, 0.1) is 11.6 Å². The Labute approximate surface area is 118 Å². The van der Waals surface area contributed by atoms with E-state index in [9.17, 15) is 4.79 Å². The number of likely N-dealkylation sites (N-methyl/N-ethyl adjacent to an activating group) is 2. The van der Waals surface area contributed by atoms with E-state index in [1.165, 1.54) is 0 Å². The Kier molecular flexibility index (Phi) is 3.34. The second-order valence-corrected chi connectivity index (χ2v) is 5.35. The summed E-state index contributed by atoms with van der Waals surface area (Å²) in [6.45, 7) is 0.840. The van der Waals surface area contributed by atoms with Crippen LogP contribution >= 0.6 is 0 Å². The summed E-state index contributed by atoms with van der Waals surface area (Å²) in [7, 11) is 3.82. The molecule has 1 unspecified atom stereocenters. The third-order valence-corrected chi connectivity index (χ3v) is 4.04. The number of rotatable bonds is 2. The maximum Gasteiger partial charge on any atom is 0.245 e. The Morgan fingerprint density at radius 1 is 1.40 bits per heavy atom. The van der Waals surface area contributed by atoms with Gasteiger partial charge in [-0.15, -0.1) is 0 Å². The van der Waals surface area contributed by atoms with E-state index in [0.29, 0.717) is 0 Å². The molecule has 1 aliphatic heterocycles. The highest BCUT2D eigenvalue weighted by Crippen LogP contribution is 2.27. The number of hydrogen-bond acceptors (Lipinski definition) is 4. The Morgan fingerprint density at radius 2 is 2.25 bits per heavy atom. The first-order valence-electron chi connectivity index (χ1n) is 6.98. The topological polar surface area (TPSA) is 49.6 Å². The number of hydrogen-bond donors (Lipinski definition) is 0. The fraction of sp³-hybridized carbons (Fsp3) is 0.467. The molecule has 1 aliphatic rings. The fourth-order valence-corrected chi connectivity index (χ4v) is 2.84. The van der Waals surface area contributed by atoms with Crippen LogP contribution in [0.15, 0.2) is 29.0 Å². The molecular formula is C15H19N3O2. The molecule has 5 heteroatoms. The first-order valence-corrected chi connectivity index (χ1v) is 6.98. The predicted molar refractivity (Wildman–Crippen MR) is 77.7 cm³/mol. The summed E-state index contributed by atoms with van der Waals surface area (Å²) < 4.78 is 5.41. The van der Waals surface area contributed by atoms with Crippen molar-refractivity contribution in [1.82, 2.24) is 9.88 Å². The van der Waals surface area contributed by atoms with E-state index in [2.05, 4.69) is 4.98 Å². The number of anilines is 1. The third-order valence-electron chi connectivity index (χ3n) is 4.04. The predicted octanol–water partition coefficient (Wildman–Crippen LogP) is 2.27. The van der Waals surface area contributed by atoms with Crippen molar-refractivity contribution in [3.8, 4) is 0 Å². The van der Waals surface area contributed by atoms with Gasteiger partial charge in [0.2, 0.25) is 5.91 Å².